The van der Waals surface area contributed by atoms with Crippen molar-refractivity contribution in [2.75, 3.05) is 11.9 Å². The van der Waals surface area contributed by atoms with Gasteiger partial charge in [0.25, 0.3) is 16.8 Å². The third-order valence-corrected chi connectivity index (χ3v) is 7.31. The molecule has 3 amide bonds. The van der Waals surface area contributed by atoms with E-state index in [1.165, 1.54) is 12.1 Å². The van der Waals surface area contributed by atoms with Gasteiger partial charge in [0, 0.05) is 17.7 Å². The van der Waals surface area contributed by atoms with Crippen LogP contribution in [0.1, 0.15) is 11.1 Å². The number of hydrogen-bond donors (Lipinski definition) is 1. The van der Waals surface area contributed by atoms with E-state index in [1.807, 2.05) is 30.3 Å². The van der Waals surface area contributed by atoms with Gasteiger partial charge < -0.3 is 10.1 Å². The van der Waals surface area contributed by atoms with E-state index in [-0.39, 0.29) is 17.2 Å². The molecular weight excluding hydrogens is 554 g/mol. The molecule has 0 unspecified atom stereocenters. The second kappa shape index (κ2) is 11.6. The smallest absolute Gasteiger partial charge is 0.294 e. The summed E-state index contributed by atoms with van der Waals surface area (Å²) in [4.78, 5) is 50.0. The maximum atomic E-state index is 13.2. The molecule has 0 aromatic heterocycles. The molecule has 0 spiro atoms. The van der Waals surface area contributed by atoms with Crippen LogP contribution >= 0.6 is 23.4 Å². The van der Waals surface area contributed by atoms with Crippen LogP contribution in [0.15, 0.2) is 89.8 Å². The van der Waals surface area contributed by atoms with Gasteiger partial charge in [-0.2, -0.15) is 0 Å². The van der Waals surface area contributed by atoms with E-state index >= 15 is 0 Å². The highest BCUT2D eigenvalue weighted by atomic mass is 35.5. The molecule has 40 heavy (non-hydrogen) atoms. The molecule has 4 aromatic carbocycles. The first-order chi connectivity index (χ1) is 19.3. The van der Waals surface area contributed by atoms with Gasteiger partial charge in [-0.1, -0.05) is 54.1 Å². The van der Waals surface area contributed by atoms with Crippen LogP contribution in [0.3, 0.4) is 0 Å². The number of carbonyl (C=O) groups is 3. The largest absolute Gasteiger partial charge is 0.488 e. The van der Waals surface area contributed by atoms with Crippen LogP contribution in [0.4, 0.5) is 16.2 Å². The minimum absolute atomic E-state index is 0.0218. The Bertz CT molecular complexity index is 1690. The fourth-order valence-electron chi connectivity index (χ4n) is 4.09. The summed E-state index contributed by atoms with van der Waals surface area (Å²) in [7, 11) is 0. The zero-order valence-electron chi connectivity index (χ0n) is 20.7. The number of non-ortho nitro benzene ring substituents is 1. The summed E-state index contributed by atoms with van der Waals surface area (Å²) in [6.07, 6.45) is 1.59. The maximum absolute atomic E-state index is 13.2. The van der Waals surface area contributed by atoms with Crippen molar-refractivity contribution in [2.45, 2.75) is 6.61 Å². The molecule has 1 aliphatic heterocycles. The van der Waals surface area contributed by atoms with Crippen molar-refractivity contribution >= 4 is 68.6 Å². The van der Waals surface area contributed by atoms with Crippen molar-refractivity contribution in [1.29, 1.82) is 0 Å². The lowest BCUT2D eigenvalue weighted by Crippen LogP contribution is -2.36. The maximum Gasteiger partial charge on any atom is 0.294 e. The van der Waals surface area contributed by atoms with Crippen LogP contribution in [-0.2, 0) is 16.2 Å². The third-order valence-electron chi connectivity index (χ3n) is 6.07. The first-order valence-electron chi connectivity index (χ1n) is 12.0. The number of ether oxygens (including phenoxy) is 1. The second-order valence-corrected chi connectivity index (χ2v) is 10.1. The Kier molecular flexibility index (Phi) is 7.81. The summed E-state index contributed by atoms with van der Waals surface area (Å²) < 4.78 is 6.06. The highest BCUT2D eigenvalue weighted by Gasteiger charge is 2.36. The summed E-state index contributed by atoms with van der Waals surface area (Å²) in [5.41, 5.74) is 1.66. The van der Waals surface area contributed by atoms with Gasteiger partial charge in [-0.3, -0.25) is 29.4 Å². The summed E-state index contributed by atoms with van der Waals surface area (Å²) in [6.45, 7) is -0.340. The number of halogens is 1. The number of benzene rings is 4. The summed E-state index contributed by atoms with van der Waals surface area (Å²) in [5, 5.41) is 15.0. The number of fused-ring (bicyclic) bond motifs is 1. The zero-order chi connectivity index (χ0) is 28.2. The topological polar surface area (TPSA) is 119 Å². The molecule has 0 radical (unpaired) electrons. The fourth-order valence-corrected chi connectivity index (χ4v) is 5.09. The van der Waals surface area contributed by atoms with Gasteiger partial charge in [-0.25, -0.2) is 0 Å². The molecule has 1 fully saturated rings. The molecule has 9 nitrogen and oxygen atoms in total. The molecule has 0 atom stereocenters. The number of carbonyl (C=O) groups excluding carboxylic acids is 3. The van der Waals surface area contributed by atoms with Gasteiger partial charge in [0.2, 0.25) is 5.91 Å². The quantitative estimate of drug-likeness (QED) is 0.142. The monoisotopic (exact) mass is 573 g/mol. The molecule has 200 valence electrons. The average Bonchev–Trinajstić information content (AvgIpc) is 3.21. The van der Waals surface area contributed by atoms with Gasteiger partial charge in [0.15, 0.2) is 0 Å². The first-order valence-corrected chi connectivity index (χ1v) is 13.2. The Balaban J connectivity index is 1.39. The second-order valence-electron chi connectivity index (χ2n) is 8.71. The zero-order valence-corrected chi connectivity index (χ0v) is 22.3. The SMILES string of the molecule is O=C(CN1C(=O)S/C(=C/c2c(OCc3ccc([N+](=O)[O-])cc3)ccc3ccccc23)C1=O)Nc1ccccc1Cl. The molecule has 1 heterocycles. The van der Waals surface area contributed by atoms with Crippen molar-refractivity contribution in [1.82, 2.24) is 4.90 Å². The lowest BCUT2D eigenvalue weighted by molar-refractivity contribution is -0.384. The number of anilines is 1. The van der Waals surface area contributed by atoms with Crippen molar-refractivity contribution < 1.29 is 24.0 Å². The molecule has 4 aromatic rings. The molecule has 1 N–H and O–H groups in total. The number of thioether (sulfide) groups is 1. The number of para-hydroxylation sites is 1. The minimum Gasteiger partial charge on any atom is -0.488 e. The van der Waals surface area contributed by atoms with Crippen LogP contribution in [-0.4, -0.2) is 33.4 Å². The summed E-state index contributed by atoms with van der Waals surface area (Å²) in [5.74, 6) is -0.701. The minimum atomic E-state index is -0.599. The number of hydrogen-bond acceptors (Lipinski definition) is 7. The van der Waals surface area contributed by atoms with Crippen LogP contribution < -0.4 is 10.1 Å². The Morgan fingerprint density at radius 3 is 2.48 bits per heavy atom. The molecule has 1 saturated heterocycles. The number of rotatable bonds is 8. The summed E-state index contributed by atoms with van der Waals surface area (Å²) in [6, 6.07) is 23.8. The Morgan fingerprint density at radius 2 is 1.73 bits per heavy atom. The third kappa shape index (κ3) is 5.83. The normalized spacial score (nSPS) is 14.1. The van der Waals surface area contributed by atoms with Crippen LogP contribution in [0.5, 0.6) is 5.75 Å². The van der Waals surface area contributed by atoms with Crippen molar-refractivity contribution in [3.8, 4) is 5.75 Å². The van der Waals surface area contributed by atoms with Crippen molar-refractivity contribution in [2.24, 2.45) is 0 Å². The van der Waals surface area contributed by atoms with Gasteiger partial charge in [-0.05, 0) is 64.5 Å². The molecule has 5 rings (SSSR count). The van der Waals surface area contributed by atoms with E-state index in [2.05, 4.69) is 5.32 Å². The number of amides is 3. The molecule has 0 bridgehead atoms. The molecule has 0 saturated carbocycles. The van der Waals surface area contributed by atoms with Crippen LogP contribution in [0.25, 0.3) is 16.8 Å². The number of imide groups is 1. The van der Waals surface area contributed by atoms with E-state index in [0.717, 1.165) is 33.0 Å². The lowest BCUT2D eigenvalue weighted by atomic mass is 10.0. The molecule has 1 aliphatic rings. The summed E-state index contributed by atoms with van der Waals surface area (Å²) >= 11 is 6.83. The lowest BCUT2D eigenvalue weighted by Gasteiger charge is -2.14. The van der Waals surface area contributed by atoms with Gasteiger partial charge in [-0.15, -0.1) is 0 Å². The predicted molar refractivity (Wildman–Crippen MR) is 154 cm³/mol. The van der Waals surface area contributed by atoms with Crippen LogP contribution in [0, 0.1) is 10.1 Å². The van der Waals surface area contributed by atoms with E-state index in [4.69, 9.17) is 16.3 Å². The number of nitro benzene ring substituents is 1. The van der Waals surface area contributed by atoms with E-state index in [9.17, 15) is 24.5 Å². The van der Waals surface area contributed by atoms with Gasteiger partial charge >= 0.3 is 0 Å². The van der Waals surface area contributed by atoms with E-state index in [1.54, 1.807) is 48.5 Å². The number of nitrogens with one attached hydrogen (secondary N) is 1. The first kappa shape index (κ1) is 26.9. The van der Waals surface area contributed by atoms with Crippen molar-refractivity contribution in [3.05, 3.63) is 116 Å². The van der Waals surface area contributed by atoms with Crippen molar-refractivity contribution in [3.63, 3.8) is 0 Å². The average molecular weight is 574 g/mol. The van der Waals surface area contributed by atoms with Gasteiger partial charge in [0.05, 0.1) is 20.5 Å². The number of nitro groups is 1. The predicted octanol–water partition coefficient (Wildman–Crippen LogP) is 6.66. The Labute approximate surface area is 237 Å². The Hall–Kier alpha value is -4.67. The van der Waals surface area contributed by atoms with E-state index in [0.29, 0.717) is 22.0 Å². The van der Waals surface area contributed by atoms with Crippen LogP contribution in [0.2, 0.25) is 5.02 Å². The fraction of sp³-hybridized carbons (Fsp3) is 0.0690. The molecular formula is C29H20ClN3O6S. The highest BCUT2D eigenvalue weighted by molar-refractivity contribution is 8.18. The standard InChI is InChI=1S/C29H20ClN3O6S/c30-23-7-3-4-8-24(23)31-27(34)16-32-28(35)26(40-29(32)36)15-22-21-6-2-1-5-19(21)11-14-25(22)39-17-18-9-12-20(13-10-18)33(37)38/h1-15H,16-17H2,(H,31,34)/b26-15+. The highest BCUT2D eigenvalue weighted by Crippen LogP contribution is 2.37. The molecule has 11 heteroatoms. The molecule has 0 aliphatic carbocycles. The van der Waals surface area contributed by atoms with E-state index < -0.39 is 28.5 Å². The van der Waals surface area contributed by atoms with Gasteiger partial charge in [0.1, 0.15) is 18.9 Å². The Morgan fingerprint density at radius 1 is 1.00 bits per heavy atom. The number of nitrogens with zero attached hydrogens (tertiary/aromatic N) is 2.